The van der Waals surface area contributed by atoms with E-state index >= 15 is 0 Å². The number of aromatic nitrogens is 2. The Morgan fingerprint density at radius 2 is 1.92 bits per heavy atom. The third kappa shape index (κ3) is 5.54. The highest BCUT2D eigenvalue weighted by Gasteiger charge is 2.37. The summed E-state index contributed by atoms with van der Waals surface area (Å²) in [7, 11) is 1.62. The summed E-state index contributed by atoms with van der Waals surface area (Å²) in [6.07, 6.45) is 0.744. The van der Waals surface area contributed by atoms with Gasteiger partial charge in [-0.2, -0.15) is 5.10 Å². The van der Waals surface area contributed by atoms with Crippen LogP contribution >= 0.6 is 11.6 Å². The van der Waals surface area contributed by atoms with Crippen molar-refractivity contribution < 1.29 is 23.4 Å². The second kappa shape index (κ2) is 11.4. The highest BCUT2D eigenvalue weighted by atomic mass is 35.5. The number of para-hydroxylation sites is 1. The van der Waals surface area contributed by atoms with Gasteiger partial charge in [-0.05, 0) is 42.7 Å². The lowest BCUT2D eigenvalue weighted by atomic mass is 9.80. The van der Waals surface area contributed by atoms with Crippen LogP contribution in [0.15, 0.2) is 48.5 Å². The van der Waals surface area contributed by atoms with Crippen LogP contribution in [0, 0.1) is 11.6 Å². The van der Waals surface area contributed by atoms with Gasteiger partial charge in [0.15, 0.2) is 17.5 Å². The lowest BCUT2D eigenvalue weighted by molar-refractivity contribution is 0.0731. The van der Waals surface area contributed by atoms with E-state index in [2.05, 4.69) is 20.6 Å². The number of hydrogen-bond donors (Lipinski definition) is 3. The van der Waals surface area contributed by atoms with Gasteiger partial charge >= 0.3 is 6.03 Å². The fourth-order valence-corrected chi connectivity index (χ4v) is 5.50. The summed E-state index contributed by atoms with van der Waals surface area (Å²) in [6.45, 7) is 2.21. The van der Waals surface area contributed by atoms with E-state index in [0.717, 1.165) is 11.8 Å². The summed E-state index contributed by atoms with van der Waals surface area (Å²) in [5, 5.41) is 20.7. The van der Waals surface area contributed by atoms with Crippen LogP contribution < -0.4 is 10.6 Å². The molecule has 0 bridgehead atoms. The Labute approximate surface area is 224 Å². The first kappa shape index (κ1) is 26.6. The van der Waals surface area contributed by atoms with Crippen LogP contribution in [0.4, 0.5) is 19.4 Å². The van der Waals surface area contributed by atoms with Gasteiger partial charge in [0.2, 0.25) is 0 Å². The highest BCUT2D eigenvalue weighted by molar-refractivity contribution is 6.34. The molecule has 2 heterocycles. The Bertz CT molecular complexity index is 1290. The minimum Gasteiger partial charge on any atom is -0.393 e. The van der Waals surface area contributed by atoms with E-state index in [-0.39, 0.29) is 24.0 Å². The summed E-state index contributed by atoms with van der Waals surface area (Å²) >= 11 is 6.73. The first-order chi connectivity index (χ1) is 18.3. The molecule has 1 saturated heterocycles. The lowest BCUT2D eigenvalue weighted by Gasteiger charge is -2.30. The zero-order chi connectivity index (χ0) is 26.8. The second-order valence-corrected chi connectivity index (χ2v) is 10.2. The Morgan fingerprint density at radius 3 is 2.61 bits per heavy atom. The van der Waals surface area contributed by atoms with Crippen molar-refractivity contribution in [1.82, 2.24) is 20.0 Å². The monoisotopic (exact) mass is 545 g/mol. The minimum atomic E-state index is -0.923. The number of aliphatic hydroxyl groups excluding tert-OH is 1. The maximum absolute atomic E-state index is 14.0. The van der Waals surface area contributed by atoms with Gasteiger partial charge in [0.25, 0.3) is 0 Å². The number of ether oxygens (including phenoxy) is 1. The Balaban J connectivity index is 1.38. The molecule has 2 aliphatic rings. The summed E-state index contributed by atoms with van der Waals surface area (Å²) in [6, 6.07) is 12.3. The first-order valence-electron chi connectivity index (χ1n) is 12.6. The molecular weight excluding hydrogens is 516 g/mol. The summed E-state index contributed by atoms with van der Waals surface area (Å²) in [5.41, 5.74) is 1.96. The molecular formula is C27H30ClF2N5O3. The van der Waals surface area contributed by atoms with Gasteiger partial charge in [0.05, 0.1) is 30.1 Å². The number of methoxy groups -OCH3 is 1. The molecule has 5 rings (SSSR count). The number of amides is 2. The van der Waals surface area contributed by atoms with E-state index in [4.69, 9.17) is 16.3 Å². The molecule has 0 radical (unpaired) electrons. The molecule has 3 N–H and O–H groups in total. The number of carbonyl (C=O) groups is 1. The van der Waals surface area contributed by atoms with E-state index in [0.29, 0.717) is 61.2 Å². The molecule has 0 unspecified atom stereocenters. The molecule has 8 nitrogen and oxygen atoms in total. The number of urea groups is 1. The van der Waals surface area contributed by atoms with Crippen LogP contribution in [-0.4, -0.2) is 71.3 Å². The average Bonchev–Trinajstić information content (AvgIpc) is 3.43. The summed E-state index contributed by atoms with van der Waals surface area (Å²) in [4.78, 5) is 15.4. The normalized spacial score (nSPS) is 23.3. The van der Waals surface area contributed by atoms with Gasteiger partial charge in [-0.3, -0.25) is 10.2 Å². The highest BCUT2D eigenvalue weighted by Crippen LogP contribution is 2.42. The number of nitrogens with one attached hydrogen (secondary N) is 2. The Kier molecular flexibility index (Phi) is 7.94. The average molecular weight is 546 g/mol. The molecule has 0 spiro atoms. The number of halogens is 3. The second-order valence-electron chi connectivity index (χ2n) is 9.85. The van der Waals surface area contributed by atoms with Crippen LogP contribution in [0.5, 0.6) is 0 Å². The van der Waals surface area contributed by atoms with Crippen molar-refractivity contribution in [2.45, 2.75) is 36.8 Å². The lowest BCUT2D eigenvalue weighted by Crippen LogP contribution is -2.42. The van der Waals surface area contributed by atoms with Crippen LogP contribution in [-0.2, 0) is 4.74 Å². The van der Waals surface area contributed by atoms with Crippen molar-refractivity contribution in [1.29, 1.82) is 0 Å². The Hall–Kier alpha value is -3.05. The maximum atomic E-state index is 14.0. The molecule has 1 saturated carbocycles. The molecule has 202 valence electrons. The van der Waals surface area contributed by atoms with Crippen molar-refractivity contribution in [2.75, 3.05) is 38.7 Å². The van der Waals surface area contributed by atoms with Crippen LogP contribution in [0.2, 0.25) is 5.02 Å². The van der Waals surface area contributed by atoms with E-state index in [1.807, 2.05) is 30.3 Å². The molecule has 2 aromatic carbocycles. The SMILES string of the molecule is COCCN1C[C@@H](NC(=O)Nc2c(Cl)c([C@H]3C[C@H](O)C3)nn2-c2ccccc2)[C@H](c2ccc(F)c(F)c2)C1. The zero-order valence-corrected chi connectivity index (χ0v) is 21.7. The van der Waals surface area contributed by atoms with Crippen molar-refractivity contribution in [2.24, 2.45) is 0 Å². The number of anilines is 1. The molecule has 1 aliphatic carbocycles. The van der Waals surface area contributed by atoms with Crippen molar-refractivity contribution in [3.63, 3.8) is 0 Å². The minimum absolute atomic E-state index is 0.00741. The number of benzene rings is 2. The van der Waals surface area contributed by atoms with Gasteiger partial charge in [-0.25, -0.2) is 18.3 Å². The van der Waals surface area contributed by atoms with Gasteiger partial charge < -0.3 is 15.2 Å². The Morgan fingerprint density at radius 1 is 1.16 bits per heavy atom. The third-order valence-electron chi connectivity index (χ3n) is 7.28. The van der Waals surface area contributed by atoms with Gasteiger partial charge in [-0.15, -0.1) is 0 Å². The molecule has 3 aromatic rings. The third-order valence-corrected chi connectivity index (χ3v) is 7.65. The maximum Gasteiger partial charge on any atom is 0.320 e. The zero-order valence-electron chi connectivity index (χ0n) is 20.9. The molecule has 2 amide bonds. The number of nitrogens with zero attached hydrogens (tertiary/aromatic N) is 3. The van der Waals surface area contributed by atoms with Crippen LogP contribution in [0.3, 0.4) is 0 Å². The standard InChI is InChI=1S/C27H30ClF2N5O3/c1-38-10-9-34-14-20(16-7-8-21(29)22(30)13-16)23(15-34)31-27(37)32-26-24(28)25(17-11-19(36)12-17)33-35(26)18-5-3-2-4-6-18/h2-8,13,17,19-20,23,36H,9-12,14-15H2,1H3,(H2,31,32,37)/t17-,19-,20-,23+/m0/s1. The van der Waals surface area contributed by atoms with E-state index in [9.17, 15) is 18.7 Å². The van der Waals surface area contributed by atoms with E-state index in [1.54, 1.807) is 17.9 Å². The van der Waals surface area contributed by atoms with Crippen LogP contribution in [0.1, 0.15) is 35.9 Å². The first-order valence-corrected chi connectivity index (χ1v) is 13.0. The molecule has 1 aliphatic heterocycles. The van der Waals surface area contributed by atoms with Crippen molar-refractivity contribution in [3.05, 3.63) is 76.4 Å². The van der Waals surface area contributed by atoms with Crippen molar-refractivity contribution in [3.8, 4) is 5.69 Å². The fourth-order valence-electron chi connectivity index (χ4n) is 5.18. The fraction of sp³-hybridized carbons (Fsp3) is 0.407. The van der Waals surface area contributed by atoms with Crippen LogP contribution in [0.25, 0.3) is 5.69 Å². The quantitative estimate of drug-likeness (QED) is 0.393. The largest absolute Gasteiger partial charge is 0.393 e. The van der Waals surface area contributed by atoms with Gasteiger partial charge in [0, 0.05) is 38.6 Å². The number of carbonyl (C=O) groups excluding carboxylic acids is 1. The number of aliphatic hydroxyl groups is 1. The number of likely N-dealkylation sites (tertiary alicyclic amines) is 1. The van der Waals surface area contributed by atoms with E-state index < -0.39 is 17.7 Å². The van der Waals surface area contributed by atoms with Gasteiger partial charge in [-0.1, -0.05) is 35.9 Å². The predicted octanol–water partition coefficient (Wildman–Crippen LogP) is 4.28. The summed E-state index contributed by atoms with van der Waals surface area (Å²) in [5.74, 6) is -1.76. The van der Waals surface area contributed by atoms with E-state index in [1.165, 1.54) is 6.07 Å². The van der Waals surface area contributed by atoms with Crippen molar-refractivity contribution >= 4 is 23.4 Å². The number of rotatable bonds is 8. The van der Waals surface area contributed by atoms with Gasteiger partial charge in [0.1, 0.15) is 5.02 Å². The smallest absolute Gasteiger partial charge is 0.320 e. The number of hydrogen-bond acceptors (Lipinski definition) is 5. The molecule has 2 fully saturated rings. The topological polar surface area (TPSA) is 91.7 Å². The molecule has 38 heavy (non-hydrogen) atoms. The summed E-state index contributed by atoms with van der Waals surface area (Å²) < 4.78 is 34.4. The molecule has 1 aromatic heterocycles. The molecule has 2 atom stereocenters. The predicted molar refractivity (Wildman–Crippen MR) is 140 cm³/mol. The molecule has 11 heteroatoms.